The van der Waals surface area contributed by atoms with E-state index in [0.717, 1.165) is 24.6 Å². The van der Waals surface area contributed by atoms with Gasteiger partial charge in [0.15, 0.2) is 5.57 Å². The molecular weight excluding hydrogens is 301 g/mol. The van der Waals surface area contributed by atoms with Gasteiger partial charge in [0.1, 0.15) is 29.7 Å². The summed E-state index contributed by atoms with van der Waals surface area (Å²) in [6, 6.07) is 9.53. The number of nitrogens with one attached hydrogen (secondary N) is 1. The number of benzene rings is 1. The third-order valence-corrected chi connectivity index (χ3v) is 4.10. The molecule has 1 aromatic carbocycles. The highest BCUT2D eigenvalue weighted by Crippen LogP contribution is 2.26. The van der Waals surface area contributed by atoms with E-state index in [1.54, 1.807) is 30.3 Å². The minimum Gasteiger partial charge on any atom is -0.368 e. The molecule has 1 fully saturated rings. The molecule has 7 heteroatoms. The molecular formula is C15H12FN5S. The zero-order valence-corrected chi connectivity index (χ0v) is 12.5. The lowest BCUT2D eigenvalue weighted by Crippen LogP contribution is -2.33. The molecule has 0 bridgehead atoms. The highest BCUT2D eigenvalue weighted by atomic mass is 32.2. The van der Waals surface area contributed by atoms with Crippen LogP contribution in [0.5, 0.6) is 0 Å². The Bertz CT molecular complexity index is 701. The summed E-state index contributed by atoms with van der Waals surface area (Å²) in [5, 5.41) is 29.1. The van der Waals surface area contributed by atoms with Crippen molar-refractivity contribution < 1.29 is 4.39 Å². The monoisotopic (exact) mass is 313 g/mol. The maximum absolute atomic E-state index is 14.2. The Hall–Kier alpha value is -2.69. The zero-order valence-electron chi connectivity index (χ0n) is 11.6. The quantitative estimate of drug-likeness (QED) is 0.863. The van der Waals surface area contributed by atoms with Crippen molar-refractivity contribution >= 4 is 23.1 Å². The van der Waals surface area contributed by atoms with E-state index in [1.807, 2.05) is 16.7 Å². The fourth-order valence-corrected chi connectivity index (χ4v) is 2.98. The summed E-state index contributed by atoms with van der Waals surface area (Å²) in [7, 11) is 0. The fraction of sp³-hybridized carbons (Fsp3) is 0.267. The Balaban J connectivity index is 2.23. The lowest BCUT2D eigenvalue weighted by atomic mass is 10.2. The first kappa shape index (κ1) is 15.7. The number of hydrogen-bond acceptors (Lipinski definition) is 6. The van der Waals surface area contributed by atoms with Crippen LogP contribution < -0.4 is 10.2 Å². The summed E-state index contributed by atoms with van der Waals surface area (Å²) in [4.78, 5) is 1.98. The zero-order chi connectivity index (χ0) is 15.9. The van der Waals surface area contributed by atoms with Crippen molar-refractivity contribution in [2.24, 2.45) is 0 Å². The Morgan fingerprint density at radius 1 is 1.14 bits per heavy atom. The lowest BCUT2D eigenvalue weighted by molar-refractivity contribution is 0.620. The van der Waals surface area contributed by atoms with Gasteiger partial charge < -0.3 is 10.2 Å². The minimum atomic E-state index is -0.398. The van der Waals surface area contributed by atoms with Gasteiger partial charge in [-0.3, -0.25) is 0 Å². The molecule has 0 radical (unpaired) electrons. The van der Waals surface area contributed by atoms with Gasteiger partial charge in [0, 0.05) is 30.3 Å². The molecule has 1 aromatic rings. The average Bonchev–Trinajstić information content (AvgIpc) is 2.56. The van der Waals surface area contributed by atoms with Crippen LogP contribution in [0.1, 0.15) is 0 Å². The van der Waals surface area contributed by atoms with Crippen molar-refractivity contribution in [3.05, 3.63) is 35.3 Å². The molecule has 5 nitrogen and oxygen atoms in total. The molecule has 1 aliphatic heterocycles. The van der Waals surface area contributed by atoms with Crippen molar-refractivity contribution in [2.45, 2.75) is 0 Å². The maximum atomic E-state index is 14.2. The van der Waals surface area contributed by atoms with E-state index in [1.165, 1.54) is 6.07 Å². The largest absolute Gasteiger partial charge is 0.368 e. The second-order valence-electron chi connectivity index (χ2n) is 4.48. The van der Waals surface area contributed by atoms with E-state index in [-0.39, 0.29) is 11.3 Å². The number of rotatable bonds is 3. The van der Waals surface area contributed by atoms with E-state index in [2.05, 4.69) is 5.32 Å². The van der Waals surface area contributed by atoms with Gasteiger partial charge in [-0.15, -0.1) is 0 Å². The third-order valence-electron chi connectivity index (χ3n) is 3.15. The highest BCUT2D eigenvalue weighted by Gasteiger charge is 2.15. The van der Waals surface area contributed by atoms with Crippen LogP contribution in [0.4, 0.5) is 15.8 Å². The molecule has 1 saturated heterocycles. The number of anilines is 2. The highest BCUT2D eigenvalue weighted by molar-refractivity contribution is 7.99. The van der Waals surface area contributed by atoms with Crippen LogP contribution in [0, 0.1) is 39.8 Å². The van der Waals surface area contributed by atoms with Crippen LogP contribution in [0.15, 0.2) is 29.5 Å². The predicted octanol–water partition coefficient (Wildman–Crippen LogP) is 2.62. The van der Waals surface area contributed by atoms with E-state index >= 15 is 0 Å². The molecule has 0 aromatic heterocycles. The number of allylic oxidation sites excluding steroid dienone is 2. The van der Waals surface area contributed by atoms with Crippen molar-refractivity contribution in [1.29, 1.82) is 15.8 Å². The van der Waals surface area contributed by atoms with Crippen LogP contribution in [-0.2, 0) is 0 Å². The van der Waals surface area contributed by atoms with Gasteiger partial charge in [0.05, 0.1) is 5.69 Å². The van der Waals surface area contributed by atoms with Crippen LogP contribution >= 0.6 is 11.8 Å². The minimum absolute atomic E-state index is 0.188. The third kappa shape index (κ3) is 3.49. The first-order valence-electron chi connectivity index (χ1n) is 6.53. The molecule has 1 heterocycles. The number of nitrogens with zero attached hydrogens (tertiary/aromatic N) is 4. The molecule has 0 saturated carbocycles. The van der Waals surface area contributed by atoms with E-state index < -0.39 is 5.82 Å². The summed E-state index contributed by atoms with van der Waals surface area (Å²) in [6.07, 6.45) is 0. The summed E-state index contributed by atoms with van der Waals surface area (Å²) >= 11 is 1.84. The average molecular weight is 313 g/mol. The smallest absolute Gasteiger partial charge is 0.163 e. The predicted molar refractivity (Wildman–Crippen MR) is 83.4 cm³/mol. The Morgan fingerprint density at radius 3 is 2.36 bits per heavy atom. The van der Waals surface area contributed by atoms with Gasteiger partial charge in [-0.05, 0) is 18.2 Å². The van der Waals surface area contributed by atoms with Crippen LogP contribution in [0.3, 0.4) is 0 Å². The number of hydrogen-bond donors (Lipinski definition) is 1. The molecule has 0 amide bonds. The molecule has 2 rings (SSSR count). The van der Waals surface area contributed by atoms with Gasteiger partial charge in [0.25, 0.3) is 0 Å². The van der Waals surface area contributed by atoms with Gasteiger partial charge in [0.2, 0.25) is 0 Å². The molecule has 1 N–H and O–H groups in total. The normalized spacial score (nSPS) is 13.5. The number of halogens is 1. The summed E-state index contributed by atoms with van der Waals surface area (Å²) < 4.78 is 14.2. The van der Waals surface area contributed by atoms with Gasteiger partial charge in [-0.25, -0.2) is 4.39 Å². The Kier molecular flexibility index (Phi) is 5.25. The topological polar surface area (TPSA) is 86.6 Å². The summed E-state index contributed by atoms with van der Waals surface area (Å²) in [5.41, 5.74) is 0.327. The summed E-state index contributed by atoms with van der Waals surface area (Å²) in [5.74, 6) is 1.53. The van der Waals surface area contributed by atoms with E-state index in [0.29, 0.717) is 11.4 Å². The molecule has 1 aliphatic rings. The fourth-order valence-electron chi connectivity index (χ4n) is 2.07. The molecule has 110 valence electrons. The Labute approximate surface area is 132 Å². The molecule has 0 aliphatic carbocycles. The van der Waals surface area contributed by atoms with Crippen molar-refractivity contribution in [3.8, 4) is 18.2 Å². The number of nitriles is 3. The van der Waals surface area contributed by atoms with Crippen LogP contribution in [0.25, 0.3) is 0 Å². The number of thioether (sulfide) groups is 1. The van der Waals surface area contributed by atoms with Crippen molar-refractivity contribution in [3.63, 3.8) is 0 Å². The first-order chi connectivity index (χ1) is 10.7. The molecule has 0 atom stereocenters. The van der Waals surface area contributed by atoms with E-state index in [9.17, 15) is 4.39 Å². The van der Waals surface area contributed by atoms with Crippen LogP contribution in [0.2, 0.25) is 0 Å². The standard InChI is InChI=1S/C15H12FN5S/c16-13-7-12(20-14(10-19)11(8-17)9-18)1-2-15(13)21-3-5-22-6-4-21/h1-2,7,20H,3-6H2. The second kappa shape index (κ2) is 7.36. The SMILES string of the molecule is N#CC(C#N)=C(C#N)Nc1ccc(N2CCSCC2)c(F)c1. The van der Waals surface area contributed by atoms with Gasteiger partial charge in [-0.2, -0.15) is 27.5 Å². The summed E-state index contributed by atoms with van der Waals surface area (Å²) in [6.45, 7) is 1.59. The van der Waals surface area contributed by atoms with E-state index in [4.69, 9.17) is 15.8 Å². The maximum Gasteiger partial charge on any atom is 0.163 e. The lowest BCUT2D eigenvalue weighted by Gasteiger charge is -2.28. The van der Waals surface area contributed by atoms with Crippen molar-refractivity contribution in [2.75, 3.05) is 34.8 Å². The molecule has 0 unspecified atom stereocenters. The first-order valence-corrected chi connectivity index (χ1v) is 7.69. The Morgan fingerprint density at radius 2 is 1.82 bits per heavy atom. The van der Waals surface area contributed by atoms with Gasteiger partial charge in [-0.1, -0.05) is 0 Å². The molecule has 22 heavy (non-hydrogen) atoms. The van der Waals surface area contributed by atoms with Crippen molar-refractivity contribution in [1.82, 2.24) is 0 Å². The van der Waals surface area contributed by atoms with Crippen LogP contribution in [-0.4, -0.2) is 24.6 Å². The van der Waals surface area contributed by atoms with Gasteiger partial charge >= 0.3 is 0 Å². The molecule has 0 spiro atoms. The second-order valence-corrected chi connectivity index (χ2v) is 5.70.